The zero-order chi connectivity index (χ0) is 15.9. The Hall–Kier alpha value is -1.62. The van der Waals surface area contributed by atoms with Crippen LogP contribution in [0.1, 0.15) is 46.5 Å². The molecule has 0 spiro atoms. The minimum Gasteiger partial charge on any atom is -0.350 e. The number of anilines is 1. The van der Waals surface area contributed by atoms with Gasteiger partial charge in [0.2, 0.25) is 0 Å². The highest BCUT2D eigenvalue weighted by Crippen LogP contribution is 2.15. The maximum absolute atomic E-state index is 11.9. The van der Waals surface area contributed by atoms with Gasteiger partial charge in [0.15, 0.2) is 5.82 Å². The Kier molecular flexibility index (Phi) is 6.19. The van der Waals surface area contributed by atoms with Gasteiger partial charge in [-0.3, -0.25) is 4.79 Å². The van der Waals surface area contributed by atoms with E-state index in [2.05, 4.69) is 47.0 Å². The smallest absolute Gasteiger partial charge is 0.290 e. The molecule has 2 heterocycles. The average molecular weight is 304 g/mol. The van der Waals surface area contributed by atoms with Gasteiger partial charge in [-0.2, -0.15) is 0 Å². The molecule has 2 N–H and O–H groups in total. The summed E-state index contributed by atoms with van der Waals surface area (Å²) in [6, 6.07) is 0.916. The van der Waals surface area contributed by atoms with Crippen LogP contribution < -0.4 is 15.8 Å². The minimum atomic E-state index is -0.0974. The summed E-state index contributed by atoms with van der Waals surface area (Å²) in [5.41, 5.74) is 1.28. The molecule has 1 aliphatic rings. The summed E-state index contributed by atoms with van der Waals surface area (Å²) in [6.07, 6.45) is 10.0. The number of nitrogens with one attached hydrogen (secondary N) is 2. The minimum absolute atomic E-state index is 0.0974. The number of piperidine rings is 1. The molecule has 0 aliphatic carbocycles. The molecule has 1 fully saturated rings. The molecule has 5 heteroatoms. The van der Waals surface area contributed by atoms with Crippen molar-refractivity contribution in [2.45, 2.75) is 58.5 Å². The van der Waals surface area contributed by atoms with Gasteiger partial charge in [0.25, 0.3) is 5.56 Å². The number of allylic oxidation sites excluding steroid dienone is 2. The first kappa shape index (κ1) is 16.7. The molecule has 2 atom stereocenters. The second-order valence-corrected chi connectivity index (χ2v) is 6.45. The second kappa shape index (κ2) is 8.13. The largest absolute Gasteiger partial charge is 0.350 e. The van der Waals surface area contributed by atoms with Crippen molar-refractivity contribution in [3.8, 4) is 0 Å². The van der Waals surface area contributed by atoms with Crippen LogP contribution in [-0.4, -0.2) is 35.1 Å². The Balaban J connectivity index is 1.87. The number of H-pyrrole nitrogens is 1. The molecule has 0 bridgehead atoms. The highest BCUT2D eigenvalue weighted by Gasteiger charge is 2.23. The van der Waals surface area contributed by atoms with Crippen LogP contribution in [0.2, 0.25) is 0 Å². The van der Waals surface area contributed by atoms with E-state index < -0.39 is 0 Å². The molecule has 5 nitrogen and oxygen atoms in total. The fourth-order valence-electron chi connectivity index (χ4n) is 2.98. The number of hydrogen-bond donors (Lipinski definition) is 2. The number of aromatic nitrogens is 2. The molecule has 2 rings (SSSR count). The first-order valence-electron chi connectivity index (χ1n) is 8.24. The molecule has 1 aliphatic heterocycles. The normalized spacial score (nSPS) is 19.8. The van der Waals surface area contributed by atoms with Crippen LogP contribution in [0, 0.1) is 0 Å². The SMILES string of the molecule is CC(C)=CCC[C@H](C)N[C@@H]1CCCN(c2ncc[nH]c2=O)C1. The molecule has 0 aromatic carbocycles. The van der Waals surface area contributed by atoms with E-state index >= 15 is 0 Å². The molecule has 1 aromatic heterocycles. The third kappa shape index (κ3) is 4.98. The monoisotopic (exact) mass is 304 g/mol. The molecule has 122 valence electrons. The van der Waals surface area contributed by atoms with Crippen molar-refractivity contribution in [3.63, 3.8) is 0 Å². The Bertz CT molecular complexity index is 548. The maximum Gasteiger partial charge on any atom is 0.290 e. The Labute approximate surface area is 132 Å². The summed E-state index contributed by atoms with van der Waals surface area (Å²) in [4.78, 5) is 20.9. The lowest BCUT2D eigenvalue weighted by atomic mass is 10.0. The van der Waals surface area contributed by atoms with Gasteiger partial charge in [-0.15, -0.1) is 0 Å². The van der Waals surface area contributed by atoms with E-state index in [0.29, 0.717) is 17.9 Å². The Morgan fingerprint density at radius 2 is 2.41 bits per heavy atom. The molecule has 1 saturated heterocycles. The van der Waals surface area contributed by atoms with E-state index in [1.807, 2.05) is 0 Å². The molecular formula is C17H28N4O. The number of hydrogen-bond acceptors (Lipinski definition) is 4. The quantitative estimate of drug-likeness (QED) is 0.793. The standard InChI is InChI=1S/C17H28N4O/c1-13(2)6-4-7-14(3)20-15-8-5-11-21(12-15)16-17(22)19-10-9-18-16/h6,9-10,14-15,20H,4-5,7-8,11-12H2,1-3H3,(H,19,22)/t14-,15+/m0/s1. The van der Waals surface area contributed by atoms with Crippen molar-refractivity contribution in [2.75, 3.05) is 18.0 Å². The van der Waals surface area contributed by atoms with Crippen LogP contribution in [0.3, 0.4) is 0 Å². The van der Waals surface area contributed by atoms with E-state index in [1.54, 1.807) is 12.4 Å². The Morgan fingerprint density at radius 1 is 1.59 bits per heavy atom. The topological polar surface area (TPSA) is 61.0 Å². The van der Waals surface area contributed by atoms with Gasteiger partial charge < -0.3 is 15.2 Å². The predicted molar refractivity (Wildman–Crippen MR) is 91.4 cm³/mol. The maximum atomic E-state index is 11.9. The van der Waals surface area contributed by atoms with E-state index in [0.717, 1.165) is 38.8 Å². The van der Waals surface area contributed by atoms with Crippen LogP contribution in [0.15, 0.2) is 28.8 Å². The van der Waals surface area contributed by atoms with Crippen molar-refractivity contribution < 1.29 is 0 Å². The zero-order valence-corrected chi connectivity index (χ0v) is 13.9. The van der Waals surface area contributed by atoms with Crippen LogP contribution in [0.4, 0.5) is 5.82 Å². The van der Waals surface area contributed by atoms with Gasteiger partial charge >= 0.3 is 0 Å². The van der Waals surface area contributed by atoms with E-state index in [4.69, 9.17) is 0 Å². The van der Waals surface area contributed by atoms with E-state index in [1.165, 1.54) is 5.57 Å². The summed E-state index contributed by atoms with van der Waals surface area (Å²) in [5, 5.41) is 3.70. The van der Waals surface area contributed by atoms with Crippen molar-refractivity contribution in [3.05, 3.63) is 34.4 Å². The van der Waals surface area contributed by atoms with Crippen LogP contribution in [0.25, 0.3) is 0 Å². The van der Waals surface area contributed by atoms with Crippen LogP contribution in [-0.2, 0) is 0 Å². The average Bonchev–Trinajstić information content (AvgIpc) is 2.47. The van der Waals surface area contributed by atoms with Gasteiger partial charge in [-0.25, -0.2) is 4.98 Å². The molecule has 0 unspecified atom stereocenters. The summed E-state index contributed by atoms with van der Waals surface area (Å²) >= 11 is 0. The highest BCUT2D eigenvalue weighted by molar-refractivity contribution is 5.36. The first-order chi connectivity index (χ1) is 10.6. The Morgan fingerprint density at radius 3 is 3.14 bits per heavy atom. The van der Waals surface area contributed by atoms with Crippen LogP contribution >= 0.6 is 0 Å². The summed E-state index contributed by atoms with van der Waals surface area (Å²) in [5.74, 6) is 0.547. The van der Waals surface area contributed by atoms with Crippen molar-refractivity contribution >= 4 is 5.82 Å². The van der Waals surface area contributed by atoms with Gasteiger partial charge in [0, 0.05) is 37.6 Å². The van der Waals surface area contributed by atoms with Crippen molar-refractivity contribution in [1.82, 2.24) is 15.3 Å². The molecule has 0 saturated carbocycles. The van der Waals surface area contributed by atoms with Crippen LogP contribution in [0.5, 0.6) is 0 Å². The van der Waals surface area contributed by atoms with Gasteiger partial charge in [-0.1, -0.05) is 11.6 Å². The van der Waals surface area contributed by atoms with Crippen molar-refractivity contribution in [2.24, 2.45) is 0 Å². The predicted octanol–water partition coefficient (Wildman–Crippen LogP) is 2.46. The summed E-state index contributed by atoms with van der Waals surface area (Å²) < 4.78 is 0. The third-order valence-electron chi connectivity index (χ3n) is 4.08. The van der Waals surface area contributed by atoms with Gasteiger partial charge in [0.1, 0.15) is 0 Å². The van der Waals surface area contributed by atoms with E-state index in [-0.39, 0.29) is 5.56 Å². The van der Waals surface area contributed by atoms with Gasteiger partial charge in [-0.05, 0) is 46.5 Å². The second-order valence-electron chi connectivity index (χ2n) is 6.45. The number of nitrogens with zero attached hydrogens (tertiary/aromatic N) is 2. The summed E-state index contributed by atoms with van der Waals surface area (Å²) in [6.45, 7) is 8.28. The third-order valence-corrected chi connectivity index (χ3v) is 4.08. The zero-order valence-electron chi connectivity index (χ0n) is 13.9. The number of aromatic amines is 1. The fraction of sp³-hybridized carbons (Fsp3) is 0.647. The first-order valence-corrected chi connectivity index (χ1v) is 8.24. The lowest BCUT2D eigenvalue weighted by Crippen LogP contribution is -2.49. The lowest BCUT2D eigenvalue weighted by molar-refractivity contribution is 0.373. The molecular weight excluding hydrogens is 276 g/mol. The molecule has 1 aromatic rings. The summed E-state index contributed by atoms with van der Waals surface area (Å²) in [7, 11) is 0. The highest BCUT2D eigenvalue weighted by atomic mass is 16.1. The number of rotatable bonds is 6. The molecule has 0 radical (unpaired) electrons. The molecule has 0 amide bonds. The molecule has 22 heavy (non-hydrogen) atoms. The van der Waals surface area contributed by atoms with E-state index in [9.17, 15) is 4.79 Å². The van der Waals surface area contributed by atoms with Crippen molar-refractivity contribution in [1.29, 1.82) is 0 Å². The lowest BCUT2D eigenvalue weighted by Gasteiger charge is -2.35. The fourth-order valence-corrected chi connectivity index (χ4v) is 2.98. The van der Waals surface area contributed by atoms with Gasteiger partial charge in [0.05, 0.1) is 0 Å².